The van der Waals surface area contributed by atoms with Crippen molar-refractivity contribution >= 4 is 41.9 Å². The maximum Gasteiger partial charge on any atom is 0.380 e. The first-order chi connectivity index (χ1) is 13.5. The van der Waals surface area contributed by atoms with E-state index in [1.807, 2.05) is 19.6 Å². The minimum Gasteiger partial charge on any atom is -0.194 e. The molecule has 30 heavy (non-hydrogen) atoms. The molecule has 0 spiro atoms. The number of aryl methyl sites for hydroxylation is 3. The molecule has 0 atom stereocenters. The van der Waals surface area contributed by atoms with Crippen molar-refractivity contribution in [2.75, 3.05) is 0 Å². The third kappa shape index (κ3) is 3.47. The van der Waals surface area contributed by atoms with Gasteiger partial charge < -0.3 is 0 Å². The highest BCUT2D eigenvalue weighted by Gasteiger charge is 2.80. The SMILES string of the molecule is Cc1cc(C2=C(c3cc(C#C[Si](C)(C)C)sc3C)C(F)(F)C(F)(F)C2(F)F)c(C)s1. The van der Waals surface area contributed by atoms with E-state index in [9.17, 15) is 26.3 Å². The fraction of sp³-hybridized carbons (Fsp3) is 0.429. The largest absolute Gasteiger partial charge is 0.380 e. The molecule has 0 nitrogen and oxygen atoms in total. The van der Waals surface area contributed by atoms with Gasteiger partial charge in [0.1, 0.15) is 8.07 Å². The summed E-state index contributed by atoms with van der Waals surface area (Å²) >= 11 is 2.15. The number of hydrogen-bond donors (Lipinski definition) is 0. The van der Waals surface area contributed by atoms with Gasteiger partial charge in [-0.05, 0) is 44.0 Å². The lowest BCUT2D eigenvalue weighted by atomic mass is 9.95. The van der Waals surface area contributed by atoms with Crippen LogP contribution in [0.1, 0.15) is 30.6 Å². The van der Waals surface area contributed by atoms with E-state index in [0.717, 1.165) is 22.7 Å². The maximum absolute atomic E-state index is 14.9. The van der Waals surface area contributed by atoms with Crippen molar-refractivity contribution in [1.29, 1.82) is 0 Å². The third-order valence-corrected chi connectivity index (χ3v) is 7.53. The molecule has 2 aromatic heterocycles. The minimum absolute atomic E-state index is 0.250. The van der Waals surface area contributed by atoms with Crippen LogP contribution >= 0.6 is 22.7 Å². The van der Waals surface area contributed by atoms with Crippen LogP contribution in [0, 0.1) is 32.2 Å². The molecule has 162 valence electrons. The van der Waals surface area contributed by atoms with E-state index in [0.29, 0.717) is 14.6 Å². The van der Waals surface area contributed by atoms with Crippen molar-refractivity contribution < 1.29 is 26.3 Å². The lowest BCUT2D eigenvalue weighted by Gasteiger charge is -2.25. The molecule has 0 bridgehead atoms. The Labute approximate surface area is 180 Å². The van der Waals surface area contributed by atoms with Gasteiger partial charge in [0.2, 0.25) is 0 Å². The Morgan fingerprint density at radius 2 is 1.23 bits per heavy atom. The molecule has 0 fully saturated rings. The monoisotopic (exact) mass is 478 g/mol. The molecule has 1 aliphatic rings. The number of thiophene rings is 2. The van der Waals surface area contributed by atoms with Crippen LogP contribution in [0.3, 0.4) is 0 Å². The van der Waals surface area contributed by atoms with Crippen LogP contribution in [-0.2, 0) is 0 Å². The molecule has 9 heteroatoms. The van der Waals surface area contributed by atoms with E-state index >= 15 is 0 Å². The lowest BCUT2D eigenvalue weighted by Crippen LogP contribution is -2.48. The van der Waals surface area contributed by atoms with E-state index in [-0.39, 0.29) is 16.0 Å². The first-order valence-corrected chi connectivity index (χ1v) is 14.2. The van der Waals surface area contributed by atoms with Gasteiger partial charge >= 0.3 is 17.8 Å². The summed E-state index contributed by atoms with van der Waals surface area (Å²) in [5, 5.41) is 0. The Kier molecular flexibility index (Phi) is 5.41. The van der Waals surface area contributed by atoms with Crippen LogP contribution in [-0.4, -0.2) is 25.8 Å². The van der Waals surface area contributed by atoms with Crippen LogP contribution < -0.4 is 0 Å². The smallest absolute Gasteiger partial charge is 0.194 e. The molecule has 0 unspecified atom stereocenters. The second-order valence-corrected chi connectivity index (χ2v) is 15.8. The van der Waals surface area contributed by atoms with Crippen LogP contribution in [0.2, 0.25) is 19.6 Å². The first kappa shape index (κ1) is 23.2. The highest BCUT2D eigenvalue weighted by molar-refractivity contribution is 7.13. The molecule has 1 aliphatic carbocycles. The molecule has 0 saturated heterocycles. The highest BCUT2D eigenvalue weighted by Crippen LogP contribution is 2.65. The molecule has 0 aromatic carbocycles. The van der Waals surface area contributed by atoms with Crippen LogP contribution in [0.25, 0.3) is 11.1 Å². The summed E-state index contributed by atoms with van der Waals surface area (Å²) in [5.41, 5.74) is -0.0527. The van der Waals surface area contributed by atoms with E-state index in [2.05, 4.69) is 11.5 Å². The summed E-state index contributed by atoms with van der Waals surface area (Å²) in [6, 6.07) is 2.51. The number of hydrogen-bond acceptors (Lipinski definition) is 2. The third-order valence-electron chi connectivity index (χ3n) is 4.72. The summed E-state index contributed by atoms with van der Waals surface area (Å²) in [4.78, 5) is 1.51. The molecule has 2 heterocycles. The molecule has 0 N–H and O–H groups in total. The van der Waals surface area contributed by atoms with Crippen LogP contribution in [0.15, 0.2) is 12.1 Å². The Morgan fingerprint density at radius 1 is 0.767 bits per heavy atom. The van der Waals surface area contributed by atoms with E-state index < -0.39 is 37.0 Å². The summed E-state index contributed by atoms with van der Waals surface area (Å²) in [6.45, 7) is 10.5. The molecule has 0 saturated carbocycles. The number of alkyl halides is 6. The van der Waals surface area contributed by atoms with Gasteiger partial charge in [0.15, 0.2) is 0 Å². The zero-order valence-electron chi connectivity index (χ0n) is 17.2. The average molecular weight is 479 g/mol. The summed E-state index contributed by atoms with van der Waals surface area (Å²) in [5.74, 6) is -12.7. The van der Waals surface area contributed by atoms with Gasteiger partial charge in [-0.15, -0.1) is 28.2 Å². The Bertz CT molecular complexity index is 1100. The topological polar surface area (TPSA) is 0 Å². The van der Waals surface area contributed by atoms with Crippen LogP contribution in [0.5, 0.6) is 0 Å². The molecular formula is C21H20F6S2Si. The molecular weight excluding hydrogens is 458 g/mol. The zero-order valence-corrected chi connectivity index (χ0v) is 19.9. The fourth-order valence-electron chi connectivity index (χ4n) is 3.35. The fourth-order valence-corrected chi connectivity index (χ4v) is 5.76. The van der Waals surface area contributed by atoms with Crippen molar-refractivity contribution in [2.24, 2.45) is 0 Å². The number of allylic oxidation sites excluding steroid dienone is 2. The first-order valence-electron chi connectivity index (χ1n) is 9.11. The maximum atomic E-state index is 14.9. The minimum atomic E-state index is -5.54. The van der Waals surface area contributed by atoms with Gasteiger partial charge in [0.05, 0.1) is 4.88 Å². The summed E-state index contributed by atoms with van der Waals surface area (Å²) < 4.78 is 88.3. The van der Waals surface area contributed by atoms with Crippen molar-refractivity contribution in [3.05, 3.63) is 42.8 Å². The van der Waals surface area contributed by atoms with Crippen LogP contribution in [0.4, 0.5) is 26.3 Å². The second kappa shape index (κ2) is 7.00. The van der Waals surface area contributed by atoms with Crippen molar-refractivity contribution in [2.45, 2.75) is 58.2 Å². The average Bonchev–Trinajstić information content (AvgIpc) is 3.13. The second-order valence-electron chi connectivity index (χ2n) is 8.38. The van der Waals surface area contributed by atoms with Crippen molar-refractivity contribution in [3.8, 4) is 11.5 Å². The summed E-state index contributed by atoms with van der Waals surface area (Å²) in [6.07, 6.45) is 0. The van der Waals surface area contributed by atoms with Crippen molar-refractivity contribution in [3.63, 3.8) is 0 Å². The zero-order chi connectivity index (χ0) is 22.9. The van der Waals surface area contributed by atoms with E-state index in [4.69, 9.17) is 0 Å². The van der Waals surface area contributed by atoms with Crippen molar-refractivity contribution in [1.82, 2.24) is 0 Å². The lowest BCUT2D eigenvalue weighted by molar-refractivity contribution is -0.254. The molecule has 2 aromatic rings. The van der Waals surface area contributed by atoms with Gasteiger partial charge in [-0.1, -0.05) is 25.6 Å². The Hall–Kier alpha value is -1.50. The Balaban J connectivity index is 2.35. The van der Waals surface area contributed by atoms with Gasteiger partial charge in [-0.2, -0.15) is 26.3 Å². The highest BCUT2D eigenvalue weighted by atomic mass is 32.1. The normalized spacial score (nSPS) is 19.7. The quantitative estimate of drug-likeness (QED) is 0.235. The predicted octanol–water partition coefficient (Wildman–Crippen LogP) is 7.79. The molecule has 0 amide bonds. The number of rotatable bonds is 2. The van der Waals surface area contributed by atoms with Gasteiger partial charge in [0.25, 0.3) is 0 Å². The van der Waals surface area contributed by atoms with Gasteiger partial charge in [-0.25, -0.2) is 0 Å². The van der Waals surface area contributed by atoms with E-state index in [1.54, 1.807) is 6.92 Å². The van der Waals surface area contributed by atoms with E-state index in [1.165, 1.54) is 26.0 Å². The molecule has 0 aliphatic heterocycles. The number of halogens is 6. The molecule has 0 radical (unpaired) electrons. The van der Waals surface area contributed by atoms with Gasteiger partial charge in [0, 0.05) is 25.8 Å². The summed E-state index contributed by atoms with van der Waals surface area (Å²) in [7, 11) is -1.78. The van der Waals surface area contributed by atoms with Gasteiger partial charge in [-0.3, -0.25) is 0 Å². The predicted molar refractivity (Wildman–Crippen MR) is 115 cm³/mol. The Morgan fingerprint density at radius 3 is 1.67 bits per heavy atom. The molecule has 3 rings (SSSR count). The standard InChI is InChI=1S/C21H20F6S2Si/c1-11-9-15(12(2)28-11)17-18(20(24,25)21(26,27)19(17,22)23)16-10-14(29-13(16)3)7-8-30(4,5)6/h9-10H,1-6H3.